The van der Waals surface area contributed by atoms with Crippen molar-refractivity contribution in [2.45, 2.75) is 0 Å². The molecule has 35 heavy (non-hydrogen) atoms. The number of aromatic nitrogens is 3. The van der Waals surface area contributed by atoms with Crippen LogP contribution < -0.4 is 27.4 Å². The van der Waals surface area contributed by atoms with E-state index in [0.29, 0.717) is 17.3 Å². The van der Waals surface area contributed by atoms with Crippen molar-refractivity contribution in [3.05, 3.63) is 104 Å². The fraction of sp³-hybridized carbons (Fsp3) is 0. The Kier molecular flexibility index (Phi) is 6.08. The third-order valence-corrected chi connectivity index (χ3v) is 5.33. The van der Waals surface area contributed by atoms with Crippen LogP contribution in [0.15, 0.2) is 104 Å². The lowest BCUT2D eigenvalue weighted by Gasteiger charge is -2.20. The SMILES string of the molecule is Nc1ccc(Nc2cc(Nc3ccc(N)cc3)c(-c3ccccc3)c(Nc3ncncn3)c2)cc1. The molecule has 0 spiro atoms. The van der Waals surface area contributed by atoms with Crippen LogP contribution in [0.3, 0.4) is 0 Å². The van der Waals surface area contributed by atoms with Crippen molar-refractivity contribution in [3.63, 3.8) is 0 Å². The molecule has 5 rings (SSSR count). The molecule has 4 aromatic carbocycles. The number of hydrogen-bond acceptors (Lipinski definition) is 8. The Morgan fingerprint density at radius 2 is 1.09 bits per heavy atom. The van der Waals surface area contributed by atoms with Crippen LogP contribution in [0.2, 0.25) is 0 Å². The number of nitrogen functional groups attached to an aromatic ring is 2. The summed E-state index contributed by atoms with van der Waals surface area (Å²) in [4.78, 5) is 12.4. The standard InChI is InChI=1S/C27H24N8/c28-19-6-10-21(11-7-19)33-23-14-24(34-22-12-8-20(29)9-13-22)26(18-4-2-1-3-5-18)25(15-23)35-27-31-16-30-17-32-27/h1-17,33-34H,28-29H2,(H,30,31,32,35). The predicted molar refractivity (Wildman–Crippen MR) is 143 cm³/mol. The minimum absolute atomic E-state index is 0.445. The maximum absolute atomic E-state index is 5.90. The van der Waals surface area contributed by atoms with Crippen LogP contribution in [0.25, 0.3) is 11.1 Å². The van der Waals surface area contributed by atoms with Crippen LogP contribution in [0, 0.1) is 0 Å². The molecule has 8 heteroatoms. The second-order valence-electron chi connectivity index (χ2n) is 7.89. The maximum Gasteiger partial charge on any atom is 0.230 e. The smallest absolute Gasteiger partial charge is 0.230 e. The third-order valence-electron chi connectivity index (χ3n) is 5.33. The minimum Gasteiger partial charge on any atom is -0.399 e. The van der Waals surface area contributed by atoms with Gasteiger partial charge in [-0.25, -0.2) is 15.0 Å². The van der Waals surface area contributed by atoms with Gasteiger partial charge in [0.05, 0.1) is 11.4 Å². The molecule has 0 aliphatic rings. The topological polar surface area (TPSA) is 127 Å². The summed E-state index contributed by atoms with van der Waals surface area (Å²) in [7, 11) is 0. The molecule has 0 saturated carbocycles. The van der Waals surface area contributed by atoms with Gasteiger partial charge >= 0.3 is 0 Å². The lowest BCUT2D eigenvalue weighted by atomic mass is 10.00. The molecule has 0 amide bonds. The van der Waals surface area contributed by atoms with Crippen molar-refractivity contribution in [2.75, 3.05) is 27.4 Å². The first-order valence-electron chi connectivity index (χ1n) is 11.0. The van der Waals surface area contributed by atoms with Gasteiger partial charge < -0.3 is 27.4 Å². The van der Waals surface area contributed by atoms with Gasteiger partial charge in [-0.1, -0.05) is 30.3 Å². The van der Waals surface area contributed by atoms with Crippen molar-refractivity contribution < 1.29 is 0 Å². The van der Waals surface area contributed by atoms with Gasteiger partial charge in [-0.15, -0.1) is 0 Å². The molecule has 0 fully saturated rings. The quantitative estimate of drug-likeness (QED) is 0.189. The van der Waals surface area contributed by atoms with Crippen molar-refractivity contribution in [2.24, 2.45) is 0 Å². The Bertz CT molecular complexity index is 1400. The van der Waals surface area contributed by atoms with E-state index in [1.807, 2.05) is 72.8 Å². The van der Waals surface area contributed by atoms with Gasteiger partial charge in [0.2, 0.25) is 5.95 Å². The molecule has 0 aliphatic carbocycles. The highest BCUT2D eigenvalue weighted by Crippen LogP contribution is 2.41. The first-order chi connectivity index (χ1) is 17.1. The maximum atomic E-state index is 5.90. The van der Waals surface area contributed by atoms with Gasteiger partial charge in [0.15, 0.2) is 0 Å². The second kappa shape index (κ2) is 9.80. The predicted octanol–water partition coefficient (Wildman–Crippen LogP) is 5.93. The second-order valence-corrected chi connectivity index (χ2v) is 7.89. The van der Waals surface area contributed by atoms with Gasteiger partial charge in [0.25, 0.3) is 0 Å². The van der Waals surface area contributed by atoms with Crippen LogP contribution >= 0.6 is 0 Å². The van der Waals surface area contributed by atoms with E-state index in [9.17, 15) is 0 Å². The Morgan fingerprint density at radius 1 is 0.543 bits per heavy atom. The summed E-state index contributed by atoms with van der Waals surface area (Å²) in [6.45, 7) is 0. The Balaban J connectivity index is 1.65. The number of nitrogens with zero attached hydrogens (tertiary/aromatic N) is 3. The average molecular weight is 461 g/mol. The van der Waals surface area contributed by atoms with E-state index in [4.69, 9.17) is 11.5 Å². The average Bonchev–Trinajstić information content (AvgIpc) is 2.88. The molecular formula is C27H24N8. The lowest BCUT2D eigenvalue weighted by Crippen LogP contribution is -2.03. The van der Waals surface area contributed by atoms with Crippen LogP contribution in [0.1, 0.15) is 0 Å². The summed E-state index contributed by atoms with van der Waals surface area (Å²) in [5.74, 6) is 0.445. The molecule has 0 aliphatic heterocycles. The van der Waals surface area contributed by atoms with E-state index in [1.54, 1.807) is 0 Å². The van der Waals surface area contributed by atoms with Crippen LogP contribution in [0.4, 0.5) is 45.8 Å². The van der Waals surface area contributed by atoms with Gasteiger partial charge in [-0.05, 0) is 66.2 Å². The number of hydrogen-bond donors (Lipinski definition) is 5. The van der Waals surface area contributed by atoms with Crippen molar-refractivity contribution in [1.29, 1.82) is 0 Å². The van der Waals surface area contributed by atoms with Gasteiger partial charge in [-0.2, -0.15) is 0 Å². The van der Waals surface area contributed by atoms with E-state index in [0.717, 1.165) is 39.6 Å². The highest BCUT2D eigenvalue weighted by molar-refractivity contribution is 5.94. The fourth-order valence-electron chi connectivity index (χ4n) is 3.71. The summed E-state index contributed by atoms with van der Waals surface area (Å²) in [6.07, 6.45) is 2.92. The molecule has 8 nitrogen and oxygen atoms in total. The molecule has 172 valence electrons. The molecule has 7 N–H and O–H groups in total. The molecule has 0 atom stereocenters. The van der Waals surface area contributed by atoms with Crippen LogP contribution in [-0.4, -0.2) is 15.0 Å². The van der Waals surface area contributed by atoms with Crippen LogP contribution in [0.5, 0.6) is 0 Å². The molecule has 0 bridgehead atoms. The number of benzene rings is 4. The zero-order chi connectivity index (χ0) is 24.0. The first-order valence-corrected chi connectivity index (χ1v) is 11.0. The summed E-state index contributed by atoms with van der Waals surface area (Å²) in [5, 5.41) is 10.4. The Morgan fingerprint density at radius 3 is 1.69 bits per heavy atom. The monoisotopic (exact) mass is 460 g/mol. The number of nitrogens with one attached hydrogen (secondary N) is 3. The Labute approximate surface area is 203 Å². The van der Waals surface area contributed by atoms with Gasteiger partial charge in [-0.3, -0.25) is 0 Å². The Hall–Kier alpha value is -5.11. The zero-order valence-electron chi connectivity index (χ0n) is 18.8. The number of anilines is 8. The van der Waals surface area contributed by atoms with Crippen molar-refractivity contribution >= 4 is 45.8 Å². The van der Waals surface area contributed by atoms with Gasteiger partial charge in [0.1, 0.15) is 12.7 Å². The van der Waals surface area contributed by atoms with Crippen molar-refractivity contribution in [3.8, 4) is 11.1 Å². The highest BCUT2D eigenvalue weighted by Gasteiger charge is 2.15. The zero-order valence-corrected chi connectivity index (χ0v) is 18.8. The lowest BCUT2D eigenvalue weighted by molar-refractivity contribution is 1.05. The summed E-state index contributed by atoms with van der Waals surface area (Å²) < 4.78 is 0. The summed E-state index contributed by atoms with van der Waals surface area (Å²) in [6, 6.07) is 29.4. The number of rotatable bonds is 7. The molecule has 0 saturated heterocycles. The summed E-state index contributed by atoms with van der Waals surface area (Å²) >= 11 is 0. The molecule has 0 radical (unpaired) electrons. The largest absolute Gasteiger partial charge is 0.399 e. The van der Waals surface area contributed by atoms with Crippen molar-refractivity contribution in [1.82, 2.24) is 15.0 Å². The van der Waals surface area contributed by atoms with Crippen LogP contribution in [-0.2, 0) is 0 Å². The van der Waals surface area contributed by atoms with Gasteiger partial charge in [0, 0.05) is 34.0 Å². The fourth-order valence-corrected chi connectivity index (χ4v) is 3.71. The molecule has 0 unspecified atom stereocenters. The third kappa shape index (κ3) is 5.28. The molecule has 1 aromatic heterocycles. The van der Waals surface area contributed by atoms with E-state index >= 15 is 0 Å². The normalized spacial score (nSPS) is 10.5. The van der Waals surface area contributed by atoms with E-state index < -0.39 is 0 Å². The minimum atomic E-state index is 0.445. The first kappa shape index (κ1) is 21.7. The highest BCUT2D eigenvalue weighted by atomic mass is 15.1. The number of nitrogens with two attached hydrogens (primary N) is 2. The van der Waals surface area contributed by atoms with E-state index in [2.05, 4.69) is 49.1 Å². The summed E-state index contributed by atoms with van der Waals surface area (Å²) in [5.41, 5.74) is 19.6. The molecule has 5 aromatic rings. The van der Waals surface area contributed by atoms with E-state index in [-0.39, 0.29) is 0 Å². The van der Waals surface area contributed by atoms with E-state index in [1.165, 1.54) is 12.7 Å². The molecular weight excluding hydrogens is 436 g/mol. The molecule has 1 heterocycles.